The molecule has 0 unspecified atom stereocenters. The number of nitrogens with zero attached hydrogens (tertiary/aromatic N) is 2. The molecule has 2 saturated carbocycles. The predicted molar refractivity (Wildman–Crippen MR) is 413 cm³/mol. The summed E-state index contributed by atoms with van der Waals surface area (Å²) in [6, 6.07) is 106. The molecule has 14 aromatic rings. The van der Waals surface area contributed by atoms with Crippen LogP contribution in [0.1, 0.15) is 134 Å². The van der Waals surface area contributed by atoms with Crippen molar-refractivity contribution in [2.75, 3.05) is 9.80 Å². The van der Waals surface area contributed by atoms with Crippen molar-refractivity contribution in [2.45, 2.75) is 94.3 Å². The van der Waals surface area contributed by atoms with Crippen molar-refractivity contribution in [3.63, 3.8) is 0 Å². The van der Waals surface area contributed by atoms with Crippen LogP contribution in [0.5, 0.6) is 0 Å². The van der Waals surface area contributed by atoms with Crippen molar-refractivity contribution in [1.29, 1.82) is 0 Å². The van der Waals surface area contributed by atoms with E-state index in [1.54, 1.807) is 0 Å². The van der Waals surface area contributed by atoms with Crippen LogP contribution in [0.2, 0.25) is 0 Å². The minimum atomic E-state index is -0.161. The van der Waals surface area contributed by atoms with Gasteiger partial charge in [0.25, 0.3) is 0 Å². The predicted octanol–water partition coefficient (Wildman–Crippen LogP) is 26.3. The van der Waals surface area contributed by atoms with Crippen LogP contribution in [-0.2, 0) is 16.2 Å². The molecule has 0 aromatic heterocycles. The Bertz CT molecular complexity index is 5100. The number of anilines is 6. The van der Waals surface area contributed by atoms with Crippen molar-refractivity contribution in [3.05, 3.63) is 335 Å². The molecule has 2 nitrogen and oxygen atoms in total. The first kappa shape index (κ1) is 57.6. The van der Waals surface area contributed by atoms with Gasteiger partial charge < -0.3 is 9.80 Å². The maximum absolute atomic E-state index is 2.56. The molecular formula is C95H76N2. The fraction of sp³-hybridized carbons (Fsp3) is 0.158. The van der Waals surface area contributed by atoms with Crippen molar-refractivity contribution in [2.24, 2.45) is 0 Å². The number of fused-ring (bicyclic) bond motifs is 17. The average molecular weight is 1250 g/mol. The van der Waals surface area contributed by atoms with Crippen LogP contribution in [0.3, 0.4) is 0 Å². The highest BCUT2D eigenvalue weighted by Crippen LogP contribution is 2.60. The molecule has 0 atom stereocenters. The molecule has 0 aliphatic heterocycles. The van der Waals surface area contributed by atoms with Gasteiger partial charge in [0, 0.05) is 50.4 Å². The average Bonchev–Trinajstić information content (AvgIpc) is 1.58. The van der Waals surface area contributed by atoms with Gasteiger partial charge in [-0.25, -0.2) is 0 Å². The van der Waals surface area contributed by atoms with Crippen LogP contribution in [0.4, 0.5) is 34.1 Å². The van der Waals surface area contributed by atoms with Gasteiger partial charge in [-0.3, -0.25) is 0 Å². The molecule has 0 radical (unpaired) electrons. The zero-order valence-corrected chi connectivity index (χ0v) is 55.3. The Morgan fingerprint density at radius 2 is 0.464 bits per heavy atom. The van der Waals surface area contributed by atoms with E-state index in [1.807, 2.05) is 0 Å². The lowest BCUT2D eigenvalue weighted by atomic mass is 9.67. The Morgan fingerprint density at radius 3 is 0.773 bits per heavy atom. The van der Waals surface area contributed by atoms with E-state index in [2.05, 4.69) is 327 Å². The number of hydrogen-bond acceptors (Lipinski definition) is 2. The van der Waals surface area contributed by atoms with E-state index in [4.69, 9.17) is 0 Å². The van der Waals surface area contributed by atoms with E-state index in [-0.39, 0.29) is 16.2 Å². The van der Waals surface area contributed by atoms with Crippen LogP contribution in [0.25, 0.3) is 101 Å². The van der Waals surface area contributed by atoms with Crippen molar-refractivity contribution < 1.29 is 0 Å². The van der Waals surface area contributed by atoms with E-state index >= 15 is 0 Å². The zero-order chi connectivity index (χ0) is 64.4. The molecule has 14 aromatic carbocycles. The normalized spacial score (nSPS) is 15.9. The second-order valence-corrected chi connectivity index (χ2v) is 29.1. The quantitative estimate of drug-likeness (QED) is 0.126. The fourth-order valence-corrected chi connectivity index (χ4v) is 18.4. The Kier molecular flexibility index (Phi) is 13.5. The number of rotatable bonds is 10. The van der Waals surface area contributed by atoms with Crippen molar-refractivity contribution >= 4 is 102 Å². The Labute approximate surface area is 570 Å². The summed E-state index contributed by atoms with van der Waals surface area (Å²) in [6.07, 6.45) is 21.6. The van der Waals surface area contributed by atoms with Gasteiger partial charge in [-0.1, -0.05) is 283 Å². The van der Waals surface area contributed by atoms with Crippen LogP contribution in [-0.4, -0.2) is 0 Å². The number of hydrogen-bond donors (Lipinski definition) is 0. The Balaban J connectivity index is 0.599. The molecule has 0 amide bonds. The summed E-state index contributed by atoms with van der Waals surface area (Å²) in [7, 11) is 0. The highest BCUT2D eigenvalue weighted by Gasteiger charge is 2.46. The minimum Gasteiger partial charge on any atom is -0.310 e. The molecule has 0 N–H and O–H groups in total. The van der Waals surface area contributed by atoms with Crippen LogP contribution in [0, 0.1) is 0 Å². The second-order valence-electron chi connectivity index (χ2n) is 29.1. The SMILES string of the molecule is CC1(C)c2cc(/C=C/c3ccc4c(c3)C3(CCCCC3)c3cc(N(c5ccc6ccccc6c5)c5ccc6ccccc6c5)ccc3-4)ccc2-c2ccc(/C=C/c3ccc4c(c3)C3(CCCCC3)c3cc(N(c5ccc6ccccc6c5)c5ccc6ccccc6c5)ccc3-4)cc21. The van der Waals surface area contributed by atoms with Crippen molar-refractivity contribution in [3.8, 4) is 33.4 Å². The smallest absolute Gasteiger partial charge is 0.0468 e. The van der Waals surface area contributed by atoms with E-state index in [0.29, 0.717) is 0 Å². The summed E-state index contributed by atoms with van der Waals surface area (Å²) in [5, 5.41) is 10.00. The molecule has 0 heterocycles. The molecule has 19 rings (SSSR count). The van der Waals surface area contributed by atoms with E-state index in [9.17, 15) is 0 Å². The highest BCUT2D eigenvalue weighted by atomic mass is 15.1. The topological polar surface area (TPSA) is 6.48 Å². The van der Waals surface area contributed by atoms with Gasteiger partial charge in [0.2, 0.25) is 0 Å². The molecule has 466 valence electrons. The first-order valence-corrected chi connectivity index (χ1v) is 35.5. The maximum Gasteiger partial charge on any atom is 0.0468 e. The van der Waals surface area contributed by atoms with E-state index in [0.717, 1.165) is 0 Å². The third-order valence-corrected chi connectivity index (χ3v) is 23.3. The minimum absolute atomic E-state index is 0.0290. The van der Waals surface area contributed by atoms with Gasteiger partial charge in [0.1, 0.15) is 0 Å². The third-order valence-electron chi connectivity index (χ3n) is 23.3. The molecule has 0 bridgehead atoms. The molecule has 2 fully saturated rings. The molecule has 0 saturated heterocycles. The van der Waals surface area contributed by atoms with Crippen LogP contribution in [0.15, 0.2) is 279 Å². The van der Waals surface area contributed by atoms with Gasteiger partial charge in [-0.2, -0.15) is 0 Å². The second kappa shape index (κ2) is 22.7. The number of benzene rings is 14. The summed E-state index contributed by atoms with van der Waals surface area (Å²) < 4.78 is 0. The highest BCUT2D eigenvalue weighted by molar-refractivity contribution is 5.97. The lowest BCUT2D eigenvalue weighted by molar-refractivity contribution is 0.353. The first-order chi connectivity index (χ1) is 47.7. The Hall–Kier alpha value is -10.8. The maximum atomic E-state index is 2.56. The zero-order valence-electron chi connectivity index (χ0n) is 55.3. The molecule has 2 heteroatoms. The molecule has 5 aliphatic rings. The van der Waals surface area contributed by atoms with E-state index in [1.165, 1.54) is 230 Å². The summed E-state index contributed by atoms with van der Waals surface area (Å²) in [6.45, 7) is 4.84. The summed E-state index contributed by atoms with van der Waals surface area (Å²) >= 11 is 0. The molecule has 2 spiro atoms. The molecule has 97 heavy (non-hydrogen) atoms. The lowest BCUT2D eigenvalue weighted by Crippen LogP contribution is -2.28. The van der Waals surface area contributed by atoms with Gasteiger partial charge in [-0.15, -0.1) is 0 Å². The molecular weight excluding hydrogens is 1170 g/mol. The lowest BCUT2D eigenvalue weighted by Gasteiger charge is -2.37. The van der Waals surface area contributed by atoms with Crippen molar-refractivity contribution in [1.82, 2.24) is 0 Å². The summed E-state index contributed by atoms with van der Waals surface area (Å²) in [4.78, 5) is 4.98. The van der Waals surface area contributed by atoms with E-state index < -0.39 is 0 Å². The third kappa shape index (κ3) is 9.50. The summed E-state index contributed by atoms with van der Waals surface area (Å²) in [5.41, 5.74) is 28.9. The largest absolute Gasteiger partial charge is 0.310 e. The van der Waals surface area contributed by atoms with Crippen LogP contribution >= 0.6 is 0 Å². The molecule has 5 aliphatic carbocycles. The Morgan fingerprint density at radius 1 is 0.227 bits per heavy atom. The van der Waals surface area contributed by atoms with Gasteiger partial charge in [-0.05, 0) is 231 Å². The fourth-order valence-electron chi connectivity index (χ4n) is 18.4. The summed E-state index contributed by atoms with van der Waals surface area (Å²) in [5.74, 6) is 0. The standard InChI is InChI=1S/C95H76N2/c1-93(2)87-53-63(25-27-65-31-45-83-85-47-41-79(61-91(85)94(89(83)55-65)49-13-3-14-50-94)96(75-37-33-67-17-5-9-21-71(67)57-75)76-38-34-68-18-6-10-22-72(68)58-76)29-43-81(87)82-44-30-64(54-88(82)93)26-28-66-32-46-84-86-48-42-80(62-92(86)95(90(84)56-66)51-15-4-16-52-95)97(77-39-35-69-19-7-11-23-73(69)59-77)78-40-36-70-20-8-12-24-74(70)60-78/h5-12,17-48,53-62H,3-4,13-16,49-52H2,1-2H3/b27-25+,28-26+. The van der Waals surface area contributed by atoms with Gasteiger partial charge >= 0.3 is 0 Å². The first-order valence-electron chi connectivity index (χ1n) is 35.5. The monoisotopic (exact) mass is 1240 g/mol. The van der Waals surface area contributed by atoms with Crippen LogP contribution < -0.4 is 9.80 Å². The van der Waals surface area contributed by atoms with Gasteiger partial charge in [0.15, 0.2) is 0 Å². The van der Waals surface area contributed by atoms with Gasteiger partial charge in [0.05, 0.1) is 0 Å².